The number of hydrogen-bond acceptors (Lipinski definition) is 3. The van der Waals surface area contributed by atoms with Gasteiger partial charge in [-0.1, -0.05) is 0 Å². The Morgan fingerprint density at radius 1 is 1.53 bits per heavy atom. The Bertz CT molecular complexity index is 339. The van der Waals surface area contributed by atoms with Gasteiger partial charge in [-0.15, -0.1) is 0 Å². The molecule has 0 radical (unpaired) electrons. The van der Waals surface area contributed by atoms with Crippen LogP contribution in [0.15, 0.2) is 18.2 Å². The minimum Gasteiger partial charge on any atom is -0.497 e. The van der Waals surface area contributed by atoms with Gasteiger partial charge in [-0.25, -0.2) is 4.39 Å². The molecule has 0 aliphatic rings. The first-order valence-electron chi connectivity index (χ1n) is 4.77. The molecule has 0 bridgehead atoms. The summed E-state index contributed by atoms with van der Waals surface area (Å²) < 4.78 is 18.5. The Hall–Kier alpha value is -1.13. The van der Waals surface area contributed by atoms with Crippen molar-refractivity contribution in [1.29, 1.82) is 0 Å². The second-order valence-electron chi connectivity index (χ2n) is 3.66. The van der Waals surface area contributed by atoms with Gasteiger partial charge in [0.1, 0.15) is 11.6 Å². The van der Waals surface area contributed by atoms with Gasteiger partial charge in [0, 0.05) is 11.6 Å². The molecular weight excluding hydrogens is 197 g/mol. The van der Waals surface area contributed by atoms with E-state index in [9.17, 15) is 9.50 Å². The number of benzene rings is 1. The van der Waals surface area contributed by atoms with Crippen LogP contribution in [0.1, 0.15) is 18.9 Å². The molecule has 0 aromatic heterocycles. The molecule has 0 aliphatic carbocycles. The van der Waals surface area contributed by atoms with Crippen molar-refractivity contribution < 1.29 is 14.2 Å². The van der Waals surface area contributed by atoms with Crippen molar-refractivity contribution in [3.63, 3.8) is 0 Å². The number of rotatable bonds is 4. The Morgan fingerprint density at radius 2 is 2.20 bits per heavy atom. The average Bonchev–Trinajstić information content (AvgIpc) is 2.17. The van der Waals surface area contributed by atoms with Crippen LogP contribution in [-0.2, 0) is 5.60 Å². The van der Waals surface area contributed by atoms with Gasteiger partial charge in [0.15, 0.2) is 0 Å². The Balaban J connectivity index is 3.04. The molecule has 4 heteroatoms. The fourth-order valence-corrected chi connectivity index (χ4v) is 1.48. The monoisotopic (exact) mass is 213 g/mol. The maximum atomic E-state index is 13.6. The molecule has 15 heavy (non-hydrogen) atoms. The fourth-order valence-electron chi connectivity index (χ4n) is 1.48. The molecule has 1 aromatic carbocycles. The zero-order chi connectivity index (χ0) is 11.5. The second kappa shape index (κ2) is 4.59. The molecule has 84 valence electrons. The van der Waals surface area contributed by atoms with Crippen molar-refractivity contribution in [3.05, 3.63) is 29.6 Å². The van der Waals surface area contributed by atoms with Crippen molar-refractivity contribution in [2.75, 3.05) is 13.7 Å². The van der Waals surface area contributed by atoms with E-state index in [0.717, 1.165) is 0 Å². The summed E-state index contributed by atoms with van der Waals surface area (Å²) in [5.41, 5.74) is 4.36. The highest BCUT2D eigenvalue weighted by Crippen LogP contribution is 2.28. The van der Waals surface area contributed by atoms with E-state index in [1.54, 1.807) is 13.0 Å². The molecule has 1 atom stereocenters. The maximum absolute atomic E-state index is 13.6. The van der Waals surface area contributed by atoms with Crippen LogP contribution >= 0.6 is 0 Å². The van der Waals surface area contributed by atoms with Crippen molar-refractivity contribution in [1.82, 2.24) is 0 Å². The molecule has 1 aromatic rings. The molecule has 1 rings (SSSR count). The highest BCUT2D eigenvalue weighted by molar-refractivity contribution is 5.32. The molecule has 0 fully saturated rings. The third-order valence-corrected chi connectivity index (χ3v) is 2.39. The number of halogens is 1. The van der Waals surface area contributed by atoms with Gasteiger partial charge < -0.3 is 15.6 Å². The van der Waals surface area contributed by atoms with Crippen molar-refractivity contribution in [2.24, 2.45) is 5.73 Å². The molecule has 0 spiro atoms. The molecule has 0 saturated carbocycles. The van der Waals surface area contributed by atoms with E-state index in [-0.39, 0.29) is 5.56 Å². The lowest BCUT2D eigenvalue weighted by atomic mass is 9.92. The maximum Gasteiger partial charge on any atom is 0.132 e. The van der Waals surface area contributed by atoms with Gasteiger partial charge >= 0.3 is 0 Å². The van der Waals surface area contributed by atoms with Gasteiger partial charge in [0.2, 0.25) is 0 Å². The van der Waals surface area contributed by atoms with Crippen molar-refractivity contribution >= 4 is 0 Å². The fraction of sp³-hybridized carbons (Fsp3) is 0.455. The summed E-state index contributed by atoms with van der Waals surface area (Å²) in [6.45, 7) is 1.85. The molecular formula is C11H16FNO2. The topological polar surface area (TPSA) is 55.5 Å². The Morgan fingerprint density at radius 3 is 2.67 bits per heavy atom. The van der Waals surface area contributed by atoms with Gasteiger partial charge in [-0.3, -0.25) is 0 Å². The van der Waals surface area contributed by atoms with Crippen molar-refractivity contribution in [2.45, 2.75) is 18.9 Å². The molecule has 1 unspecified atom stereocenters. The lowest BCUT2D eigenvalue weighted by Gasteiger charge is -2.23. The normalized spacial score (nSPS) is 14.7. The van der Waals surface area contributed by atoms with Crippen LogP contribution < -0.4 is 10.5 Å². The van der Waals surface area contributed by atoms with Crippen molar-refractivity contribution in [3.8, 4) is 5.75 Å². The van der Waals surface area contributed by atoms with Gasteiger partial charge in [-0.2, -0.15) is 0 Å². The lowest BCUT2D eigenvalue weighted by Crippen LogP contribution is -2.26. The molecule has 3 N–H and O–H groups in total. The van der Waals surface area contributed by atoms with Gasteiger partial charge in [-0.05, 0) is 32.0 Å². The summed E-state index contributed by atoms with van der Waals surface area (Å²) >= 11 is 0. The summed E-state index contributed by atoms with van der Waals surface area (Å²) in [6.07, 6.45) is 0.316. The van der Waals surface area contributed by atoms with E-state index >= 15 is 0 Å². The van der Waals surface area contributed by atoms with Crippen LogP contribution in [0.4, 0.5) is 4.39 Å². The summed E-state index contributed by atoms with van der Waals surface area (Å²) in [5, 5.41) is 9.97. The Kier molecular flexibility index (Phi) is 3.66. The molecule has 3 nitrogen and oxygen atoms in total. The SMILES string of the molecule is COc1ccc(C(C)(O)CCN)c(F)c1. The quantitative estimate of drug-likeness (QED) is 0.794. The van der Waals surface area contributed by atoms with Gasteiger partial charge in [0.25, 0.3) is 0 Å². The van der Waals surface area contributed by atoms with E-state index < -0.39 is 11.4 Å². The first kappa shape index (κ1) is 11.9. The smallest absolute Gasteiger partial charge is 0.132 e. The number of ether oxygens (including phenoxy) is 1. The molecule has 0 heterocycles. The third-order valence-electron chi connectivity index (χ3n) is 2.39. The number of aliphatic hydroxyl groups is 1. The predicted octanol–water partition coefficient (Wildman–Crippen LogP) is 1.39. The second-order valence-corrected chi connectivity index (χ2v) is 3.66. The first-order valence-corrected chi connectivity index (χ1v) is 4.77. The lowest BCUT2D eigenvalue weighted by molar-refractivity contribution is 0.0466. The van der Waals surface area contributed by atoms with Crippen LogP contribution in [-0.4, -0.2) is 18.8 Å². The Labute approximate surface area is 88.7 Å². The minimum absolute atomic E-state index is 0.244. The third kappa shape index (κ3) is 2.67. The van der Waals surface area contributed by atoms with Crippen LogP contribution in [0.2, 0.25) is 0 Å². The van der Waals surface area contributed by atoms with E-state index in [1.807, 2.05) is 0 Å². The predicted molar refractivity (Wildman–Crippen MR) is 56.2 cm³/mol. The van der Waals surface area contributed by atoms with Gasteiger partial charge in [0.05, 0.1) is 12.7 Å². The zero-order valence-corrected chi connectivity index (χ0v) is 8.96. The number of methoxy groups -OCH3 is 1. The highest BCUT2D eigenvalue weighted by Gasteiger charge is 2.25. The zero-order valence-electron chi connectivity index (χ0n) is 8.96. The summed E-state index contributed by atoms with van der Waals surface area (Å²) in [6, 6.07) is 4.38. The summed E-state index contributed by atoms with van der Waals surface area (Å²) in [4.78, 5) is 0. The first-order chi connectivity index (χ1) is 7.01. The van der Waals surface area contributed by atoms with Crippen LogP contribution in [0.3, 0.4) is 0 Å². The minimum atomic E-state index is -1.23. The molecule has 0 amide bonds. The van der Waals surface area contributed by atoms with Crippen LogP contribution in [0.25, 0.3) is 0 Å². The standard InChI is InChI=1S/C11H16FNO2/c1-11(14,5-6-13)9-4-3-8(15-2)7-10(9)12/h3-4,7,14H,5-6,13H2,1-2H3. The van der Waals surface area contributed by atoms with Crippen LogP contribution in [0, 0.1) is 5.82 Å². The molecule has 0 aliphatic heterocycles. The van der Waals surface area contributed by atoms with E-state index in [2.05, 4.69) is 0 Å². The molecule has 0 saturated heterocycles. The number of hydrogen-bond donors (Lipinski definition) is 2. The average molecular weight is 213 g/mol. The van der Waals surface area contributed by atoms with Crippen LogP contribution in [0.5, 0.6) is 5.75 Å². The van der Waals surface area contributed by atoms with E-state index in [4.69, 9.17) is 10.5 Å². The summed E-state index contributed by atoms with van der Waals surface area (Å²) in [5.74, 6) is -0.0485. The van der Waals surface area contributed by atoms with E-state index in [0.29, 0.717) is 18.7 Å². The van der Waals surface area contributed by atoms with E-state index in [1.165, 1.54) is 19.2 Å². The summed E-state index contributed by atoms with van der Waals surface area (Å²) in [7, 11) is 1.46. The highest BCUT2D eigenvalue weighted by atomic mass is 19.1. The number of nitrogens with two attached hydrogens (primary N) is 1. The largest absolute Gasteiger partial charge is 0.497 e.